The summed E-state index contributed by atoms with van der Waals surface area (Å²) in [6.07, 6.45) is 0. The smallest absolute Gasteiger partial charge is 0.251 e. The lowest BCUT2D eigenvalue weighted by Gasteiger charge is -2.32. The van der Waals surface area contributed by atoms with Crippen molar-refractivity contribution in [1.82, 2.24) is 9.90 Å². The van der Waals surface area contributed by atoms with Gasteiger partial charge >= 0.3 is 0 Å². The van der Waals surface area contributed by atoms with Gasteiger partial charge in [-0.3, -0.25) is 0 Å². The Kier molecular flexibility index (Phi) is 6.59. The zero-order valence-corrected chi connectivity index (χ0v) is 23.6. The zero-order chi connectivity index (χ0) is 27.4. The molecule has 5 aromatic rings. The summed E-state index contributed by atoms with van der Waals surface area (Å²) in [5.74, 6) is -0.0379. The zero-order valence-electron chi connectivity index (χ0n) is 21.3. The molecule has 0 aliphatic heterocycles. The number of aromatic hydroxyl groups is 1. The Labute approximate surface area is 236 Å². The molecule has 5 rings (SSSR count). The van der Waals surface area contributed by atoms with Crippen LogP contribution in [0, 0.1) is 5.21 Å². The second-order valence-electron chi connectivity index (χ2n) is 10.5. The molecule has 0 amide bonds. The molecule has 5 nitrogen and oxygen atoms in total. The summed E-state index contributed by atoms with van der Waals surface area (Å²) in [4.78, 5) is 1.85. The molecule has 0 saturated carbocycles. The van der Waals surface area contributed by atoms with E-state index >= 15 is 0 Å². The molecule has 0 unspecified atom stereocenters. The average Bonchev–Trinajstić information content (AvgIpc) is 3.19. The van der Waals surface area contributed by atoms with Crippen LogP contribution in [-0.4, -0.2) is 15.0 Å². The van der Waals surface area contributed by atoms with Crippen LogP contribution in [0.25, 0.3) is 16.7 Å². The lowest BCUT2D eigenvalue weighted by molar-refractivity contribution is -0.664. The van der Waals surface area contributed by atoms with Crippen LogP contribution in [0.15, 0.2) is 78.9 Å². The highest BCUT2D eigenvalue weighted by Crippen LogP contribution is 2.44. The fraction of sp³-hybridized carbons (Fsp3) is 0.200. The average molecular weight is 567 g/mol. The van der Waals surface area contributed by atoms with Crippen LogP contribution < -0.4 is 4.85 Å². The minimum absolute atomic E-state index is 0.0379. The fourth-order valence-corrected chi connectivity index (χ4v) is 5.22. The summed E-state index contributed by atoms with van der Waals surface area (Å²) < 4.78 is 0. The number of phenolic OH excluding ortho intramolecular Hbond substituents is 1. The Balaban J connectivity index is 1.80. The van der Waals surface area contributed by atoms with E-state index in [1.165, 1.54) is 4.80 Å². The largest absolute Gasteiger partial charge is 0.692 e. The molecule has 1 aromatic heterocycles. The maximum atomic E-state index is 13.4. The third-order valence-electron chi connectivity index (χ3n) is 7.35. The standard InChI is InChI=1S/C30H26Cl3N3O2/c1-29(2,18-5-9-21(31)10-6-18)20-15-24(30(3,4)19-7-11-22(32)12-8-19)28(37)27(16-20)35-34-25-17-23(33)13-14-26(25)36(35)38/h5-17,37H,1-4H3. The molecular weight excluding hydrogens is 541 g/mol. The third-order valence-corrected chi connectivity index (χ3v) is 8.09. The van der Waals surface area contributed by atoms with Crippen LogP contribution in [-0.2, 0) is 10.8 Å². The van der Waals surface area contributed by atoms with Crippen molar-refractivity contribution in [3.8, 4) is 11.4 Å². The predicted molar refractivity (Wildman–Crippen MR) is 154 cm³/mol. The second-order valence-corrected chi connectivity index (χ2v) is 11.8. The van der Waals surface area contributed by atoms with E-state index in [1.807, 2.05) is 74.5 Å². The fourth-order valence-electron chi connectivity index (χ4n) is 4.80. The van der Waals surface area contributed by atoms with E-state index in [9.17, 15) is 10.3 Å². The van der Waals surface area contributed by atoms with Gasteiger partial charge in [-0.1, -0.05) is 92.8 Å². The maximum absolute atomic E-state index is 13.4. The minimum Gasteiger partial charge on any atom is -0.692 e. The lowest BCUT2D eigenvalue weighted by Crippen LogP contribution is -2.37. The van der Waals surface area contributed by atoms with Crippen molar-refractivity contribution >= 4 is 45.8 Å². The molecule has 0 aliphatic rings. The summed E-state index contributed by atoms with van der Waals surface area (Å²) in [5.41, 5.74) is 3.42. The van der Waals surface area contributed by atoms with Gasteiger partial charge in [0.15, 0.2) is 11.4 Å². The van der Waals surface area contributed by atoms with Crippen molar-refractivity contribution in [2.24, 2.45) is 0 Å². The SMILES string of the molecule is CC(C)(c1ccc(Cl)cc1)c1cc(-n2nc3cc(Cl)ccc3[n+]2[O-])c(O)c(C(C)(C)c2ccc(Cl)cc2)c1. The van der Waals surface area contributed by atoms with Crippen LogP contribution in [0.1, 0.15) is 49.9 Å². The van der Waals surface area contributed by atoms with Gasteiger partial charge in [-0.2, -0.15) is 0 Å². The number of phenols is 1. The number of benzene rings is 4. The molecule has 0 fully saturated rings. The summed E-state index contributed by atoms with van der Waals surface area (Å²) in [6, 6.07) is 23.9. The summed E-state index contributed by atoms with van der Waals surface area (Å²) in [7, 11) is 0. The first kappa shape index (κ1) is 26.4. The first-order valence-corrected chi connectivity index (χ1v) is 13.2. The summed E-state index contributed by atoms with van der Waals surface area (Å²) in [5, 5.41) is 31.3. The molecule has 0 saturated heterocycles. The minimum atomic E-state index is -0.640. The Bertz CT molecular complexity index is 1660. The lowest BCUT2D eigenvalue weighted by atomic mass is 9.72. The molecule has 4 aromatic carbocycles. The van der Waals surface area contributed by atoms with Gasteiger partial charge in [-0.05, 0) is 64.0 Å². The Morgan fingerprint density at radius 3 is 1.82 bits per heavy atom. The van der Waals surface area contributed by atoms with Crippen molar-refractivity contribution in [3.05, 3.63) is 121 Å². The topological polar surface area (TPSA) is 65.0 Å². The molecule has 0 radical (unpaired) electrons. The molecule has 0 spiro atoms. The molecule has 8 heteroatoms. The van der Waals surface area contributed by atoms with Crippen LogP contribution in [0.3, 0.4) is 0 Å². The van der Waals surface area contributed by atoms with Gasteiger partial charge in [0.05, 0.1) is 5.10 Å². The number of fused-ring (bicyclic) bond motifs is 1. The first-order valence-electron chi connectivity index (χ1n) is 12.1. The van der Waals surface area contributed by atoms with Crippen molar-refractivity contribution in [2.75, 3.05) is 0 Å². The monoisotopic (exact) mass is 565 g/mol. The number of nitrogens with zero attached hydrogens (tertiary/aromatic N) is 3. The van der Waals surface area contributed by atoms with Gasteiger partial charge in [0, 0.05) is 37.5 Å². The Hall–Kier alpha value is -3.25. The van der Waals surface area contributed by atoms with E-state index in [4.69, 9.17) is 34.8 Å². The normalized spacial score (nSPS) is 12.3. The van der Waals surface area contributed by atoms with E-state index in [2.05, 4.69) is 18.9 Å². The van der Waals surface area contributed by atoms with Crippen LogP contribution >= 0.6 is 34.8 Å². The predicted octanol–water partition coefficient (Wildman–Crippen LogP) is 7.98. The van der Waals surface area contributed by atoms with Crippen molar-refractivity contribution in [3.63, 3.8) is 0 Å². The number of hydrogen-bond acceptors (Lipinski definition) is 3. The third kappa shape index (κ3) is 4.49. The molecular formula is C30H26Cl3N3O2. The van der Waals surface area contributed by atoms with Crippen LogP contribution in [0.2, 0.25) is 15.1 Å². The Morgan fingerprint density at radius 2 is 1.24 bits per heavy atom. The second kappa shape index (κ2) is 9.49. The van der Waals surface area contributed by atoms with Gasteiger partial charge in [-0.15, -0.1) is 4.85 Å². The molecule has 38 heavy (non-hydrogen) atoms. The maximum Gasteiger partial charge on any atom is 0.251 e. The molecule has 1 heterocycles. The van der Waals surface area contributed by atoms with Crippen LogP contribution in [0.4, 0.5) is 0 Å². The quantitative estimate of drug-likeness (QED) is 0.173. The highest BCUT2D eigenvalue weighted by molar-refractivity contribution is 6.31. The molecule has 0 aliphatic carbocycles. The highest BCUT2D eigenvalue weighted by atomic mass is 35.5. The van der Waals surface area contributed by atoms with Gasteiger partial charge in [0.2, 0.25) is 5.52 Å². The van der Waals surface area contributed by atoms with E-state index in [1.54, 1.807) is 18.2 Å². The number of rotatable bonds is 5. The summed E-state index contributed by atoms with van der Waals surface area (Å²) in [6.45, 7) is 8.24. The van der Waals surface area contributed by atoms with E-state index in [0.717, 1.165) is 16.7 Å². The van der Waals surface area contributed by atoms with Gasteiger partial charge in [-0.25, -0.2) is 0 Å². The van der Waals surface area contributed by atoms with Crippen molar-refractivity contribution in [2.45, 2.75) is 38.5 Å². The van der Waals surface area contributed by atoms with Gasteiger partial charge in [0.1, 0.15) is 0 Å². The molecule has 194 valence electrons. The molecule has 0 bridgehead atoms. The molecule has 0 atom stereocenters. The molecule has 1 N–H and O–H groups in total. The number of halogens is 3. The van der Waals surface area contributed by atoms with Gasteiger partial charge in [0.25, 0.3) is 5.52 Å². The highest BCUT2D eigenvalue weighted by Gasteiger charge is 2.34. The number of hydrogen-bond donors (Lipinski definition) is 1. The Morgan fingerprint density at radius 1 is 0.711 bits per heavy atom. The van der Waals surface area contributed by atoms with E-state index in [0.29, 0.717) is 36.5 Å². The van der Waals surface area contributed by atoms with E-state index < -0.39 is 10.8 Å². The van der Waals surface area contributed by atoms with E-state index in [-0.39, 0.29) is 11.4 Å². The first-order chi connectivity index (χ1) is 17.9. The van der Waals surface area contributed by atoms with Gasteiger partial charge < -0.3 is 10.3 Å². The summed E-state index contributed by atoms with van der Waals surface area (Å²) >= 11 is 18.5. The number of aromatic nitrogens is 3. The van der Waals surface area contributed by atoms with Crippen LogP contribution in [0.5, 0.6) is 5.75 Å². The van der Waals surface area contributed by atoms with Crippen molar-refractivity contribution < 1.29 is 9.95 Å². The van der Waals surface area contributed by atoms with Crippen molar-refractivity contribution in [1.29, 1.82) is 0 Å².